The van der Waals surface area contributed by atoms with Gasteiger partial charge in [0.05, 0.1) is 12.8 Å². The van der Waals surface area contributed by atoms with E-state index in [0.717, 1.165) is 66.0 Å². The Morgan fingerprint density at radius 3 is 2.76 bits per heavy atom. The Balaban J connectivity index is 1.34. The fourth-order valence-electron chi connectivity index (χ4n) is 4.06. The first-order valence-corrected chi connectivity index (χ1v) is 11.1. The lowest BCUT2D eigenvalue weighted by Crippen LogP contribution is -2.40. The molecular weight excluding hydrogens is 406 g/mol. The van der Waals surface area contributed by atoms with Crippen LogP contribution >= 0.6 is 23.4 Å². The van der Waals surface area contributed by atoms with Gasteiger partial charge in [0.1, 0.15) is 21.5 Å². The van der Waals surface area contributed by atoms with Crippen LogP contribution in [0, 0.1) is 12.3 Å². The predicted octanol–water partition coefficient (Wildman–Crippen LogP) is 4.54. The highest BCUT2D eigenvalue weighted by Gasteiger charge is 2.38. The van der Waals surface area contributed by atoms with Gasteiger partial charge in [-0.25, -0.2) is 19.9 Å². The molecule has 2 fully saturated rings. The van der Waals surface area contributed by atoms with Crippen LogP contribution < -0.4 is 4.90 Å². The Labute approximate surface area is 179 Å². The second-order valence-corrected chi connectivity index (χ2v) is 9.26. The average Bonchev–Trinajstić information content (AvgIpc) is 3.19. The molecule has 0 amide bonds. The standard InChI is InChI=1S/C21H22ClN5OS/c1-14-16(4-8-23-19(14)22)29-18-3-2-15-20(26-18)24-12-17(25-15)27-9-5-21(6-10-27)7-11-28-13-21/h2-4,8,12H,5-7,9-11,13H2,1H3. The summed E-state index contributed by atoms with van der Waals surface area (Å²) in [4.78, 5) is 21.6. The molecule has 0 radical (unpaired) electrons. The van der Waals surface area contributed by atoms with E-state index in [1.807, 2.05) is 31.3 Å². The molecule has 2 aliphatic rings. The lowest BCUT2D eigenvalue weighted by atomic mass is 9.78. The highest BCUT2D eigenvalue weighted by Crippen LogP contribution is 2.40. The predicted molar refractivity (Wildman–Crippen MR) is 115 cm³/mol. The van der Waals surface area contributed by atoms with Crippen LogP contribution in [0.2, 0.25) is 5.15 Å². The highest BCUT2D eigenvalue weighted by molar-refractivity contribution is 7.99. The highest BCUT2D eigenvalue weighted by atomic mass is 35.5. The molecule has 150 valence electrons. The molecule has 6 nitrogen and oxygen atoms in total. The van der Waals surface area contributed by atoms with Gasteiger partial charge < -0.3 is 9.64 Å². The fraction of sp³-hybridized carbons (Fsp3) is 0.429. The zero-order chi connectivity index (χ0) is 19.8. The summed E-state index contributed by atoms with van der Waals surface area (Å²) in [5.74, 6) is 0.935. The number of ether oxygens (including phenoxy) is 1. The molecule has 3 aromatic heterocycles. The second kappa shape index (κ2) is 7.70. The Hall–Kier alpha value is -1.96. The van der Waals surface area contributed by atoms with E-state index in [9.17, 15) is 0 Å². The molecule has 0 saturated carbocycles. The Kier molecular flexibility index (Phi) is 5.05. The average molecular weight is 428 g/mol. The minimum absolute atomic E-state index is 0.391. The molecule has 3 aromatic rings. The molecule has 1 spiro atoms. The monoisotopic (exact) mass is 427 g/mol. The van der Waals surface area contributed by atoms with Crippen molar-refractivity contribution in [3.8, 4) is 0 Å². The SMILES string of the molecule is Cc1c(Sc2ccc3nc(N4CCC5(CCOC5)CC4)cnc3n2)ccnc1Cl. The van der Waals surface area contributed by atoms with Crippen LogP contribution in [0.15, 0.2) is 40.5 Å². The zero-order valence-corrected chi connectivity index (χ0v) is 17.8. The summed E-state index contributed by atoms with van der Waals surface area (Å²) in [6, 6.07) is 5.93. The van der Waals surface area contributed by atoms with Crippen molar-refractivity contribution in [1.82, 2.24) is 19.9 Å². The van der Waals surface area contributed by atoms with E-state index >= 15 is 0 Å². The molecule has 5 heterocycles. The molecule has 0 bridgehead atoms. The van der Waals surface area contributed by atoms with E-state index in [2.05, 4.69) is 19.9 Å². The third kappa shape index (κ3) is 3.79. The molecule has 5 rings (SSSR count). The topological polar surface area (TPSA) is 64.0 Å². The third-order valence-corrected chi connectivity index (χ3v) is 7.49. The van der Waals surface area contributed by atoms with E-state index < -0.39 is 0 Å². The maximum atomic E-state index is 6.13. The Bertz CT molecular complexity index is 1050. The van der Waals surface area contributed by atoms with E-state index in [4.69, 9.17) is 21.3 Å². The van der Waals surface area contributed by atoms with Crippen molar-refractivity contribution in [3.63, 3.8) is 0 Å². The van der Waals surface area contributed by atoms with Crippen molar-refractivity contribution in [2.75, 3.05) is 31.2 Å². The molecule has 0 atom stereocenters. The van der Waals surface area contributed by atoms with E-state index in [1.165, 1.54) is 6.42 Å². The van der Waals surface area contributed by atoms with E-state index in [1.54, 1.807) is 18.0 Å². The van der Waals surface area contributed by atoms with Crippen LogP contribution in [0.5, 0.6) is 0 Å². The van der Waals surface area contributed by atoms with Crippen LogP contribution in [0.4, 0.5) is 5.82 Å². The number of hydrogen-bond donors (Lipinski definition) is 0. The largest absolute Gasteiger partial charge is 0.381 e. The second-order valence-electron chi connectivity index (χ2n) is 7.84. The van der Waals surface area contributed by atoms with Crippen LogP contribution in [-0.4, -0.2) is 46.2 Å². The van der Waals surface area contributed by atoms with Gasteiger partial charge in [0.25, 0.3) is 0 Å². The molecule has 0 unspecified atom stereocenters. The lowest BCUT2D eigenvalue weighted by Gasteiger charge is -2.38. The number of pyridine rings is 2. The first kappa shape index (κ1) is 19.0. The summed E-state index contributed by atoms with van der Waals surface area (Å²) in [6.45, 7) is 5.80. The van der Waals surface area contributed by atoms with Gasteiger partial charge in [-0.3, -0.25) is 0 Å². The van der Waals surface area contributed by atoms with E-state index in [-0.39, 0.29) is 0 Å². The van der Waals surface area contributed by atoms with Gasteiger partial charge in [-0.05, 0) is 49.8 Å². The summed E-state index contributed by atoms with van der Waals surface area (Å²) in [5, 5.41) is 1.39. The number of fused-ring (bicyclic) bond motifs is 1. The quantitative estimate of drug-likeness (QED) is 0.568. The minimum Gasteiger partial charge on any atom is -0.381 e. The zero-order valence-electron chi connectivity index (χ0n) is 16.3. The van der Waals surface area contributed by atoms with Gasteiger partial charge in [0.15, 0.2) is 5.65 Å². The first-order valence-electron chi connectivity index (χ1n) is 9.87. The van der Waals surface area contributed by atoms with Gasteiger partial charge in [-0.15, -0.1) is 0 Å². The van der Waals surface area contributed by atoms with Crippen molar-refractivity contribution in [2.24, 2.45) is 5.41 Å². The molecule has 2 aliphatic heterocycles. The fourth-order valence-corrected chi connectivity index (χ4v) is 5.14. The number of rotatable bonds is 3. The molecule has 0 N–H and O–H groups in total. The summed E-state index contributed by atoms with van der Waals surface area (Å²) < 4.78 is 5.64. The van der Waals surface area contributed by atoms with Gasteiger partial charge >= 0.3 is 0 Å². The van der Waals surface area contributed by atoms with Gasteiger partial charge in [0, 0.05) is 36.4 Å². The molecule has 8 heteroatoms. The number of nitrogens with zero attached hydrogens (tertiary/aromatic N) is 5. The first-order chi connectivity index (χ1) is 14.1. The summed E-state index contributed by atoms with van der Waals surface area (Å²) in [7, 11) is 0. The molecule has 2 saturated heterocycles. The van der Waals surface area contributed by atoms with Crippen molar-refractivity contribution < 1.29 is 4.74 Å². The van der Waals surface area contributed by atoms with Crippen molar-refractivity contribution in [2.45, 2.75) is 36.1 Å². The maximum absolute atomic E-state index is 6.13. The summed E-state index contributed by atoms with van der Waals surface area (Å²) in [6.07, 6.45) is 7.08. The minimum atomic E-state index is 0.391. The Morgan fingerprint density at radius 2 is 1.97 bits per heavy atom. The van der Waals surface area contributed by atoms with Crippen LogP contribution in [0.25, 0.3) is 11.2 Å². The van der Waals surface area contributed by atoms with Crippen LogP contribution in [-0.2, 0) is 4.74 Å². The number of anilines is 1. The van der Waals surface area contributed by atoms with Crippen molar-refractivity contribution in [1.29, 1.82) is 0 Å². The van der Waals surface area contributed by atoms with Crippen LogP contribution in [0.1, 0.15) is 24.8 Å². The van der Waals surface area contributed by atoms with Gasteiger partial charge in [0.2, 0.25) is 0 Å². The Morgan fingerprint density at radius 1 is 1.10 bits per heavy atom. The molecular formula is C21H22ClN5OS. The maximum Gasteiger partial charge on any atom is 0.179 e. The summed E-state index contributed by atoms with van der Waals surface area (Å²) in [5.41, 5.74) is 2.83. The van der Waals surface area contributed by atoms with Crippen LogP contribution in [0.3, 0.4) is 0 Å². The third-order valence-electron chi connectivity index (χ3n) is 6.01. The van der Waals surface area contributed by atoms with E-state index in [0.29, 0.717) is 16.2 Å². The number of aromatic nitrogens is 4. The van der Waals surface area contributed by atoms with Gasteiger partial charge in [-0.2, -0.15) is 0 Å². The van der Waals surface area contributed by atoms with Crippen molar-refractivity contribution >= 4 is 40.3 Å². The molecule has 29 heavy (non-hydrogen) atoms. The smallest absolute Gasteiger partial charge is 0.179 e. The number of piperidine rings is 1. The van der Waals surface area contributed by atoms with Gasteiger partial charge in [-0.1, -0.05) is 23.4 Å². The normalized spacial score (nSPS) is 18.6. The summed E-state index contributed by atoms with van der Waals surface area (Å²) >= 11 is 7.69. The number of halogens is 1. The number of hydrogen-bond acceptors (Lipinski definition) is 7. The lowest BCUT2D eigenvalue weighted by molar-refractivity contribution is 0.133. The molecule has 0 aliphatic carbocycles. The molecule has 0 aromatic carbocycles. The van der Waals surface area contributed by atoms with Crippen molar-refractivity contribution in [3.05, 3.63) is 41.3 Å².